The molecule has 154 valence electrons. The fourth-order valence-corrected chi connectivity index (χ4v) is 4.11. The molecular weight excluding hydrogens is 399 g/mol. The second-order valence-electron chi connectivity index (χ2n) is 6.68. The maximum atomic E-state index is 10.6. The SMILES string of the molecule is Cc1noc([C@H]2CC[C@@H]3[C@@H](CCN3Cc3ccsc3)O2)n1.O=C(O)C(F)(F)F. The van der Waals surface area contributed by atoms with E-state index < -0.39 is 12.1 Å². The molecule has 0 radical (unpaired) electrons. The molecule has 2 fully saturated rings. The maximum Gasteiger partial charge on any atom is 0.490 e. The number of rotatable bonds is 3. The van der Waals surface area contributed by atoms with Crippen molar-refractivity contribution in [3.8, 4) is 0 Å². The highest BCUT2D eigenvalue weighted by Crippen LogP contribution is 2.38. The summed E-state index contributed by atoms with van der Waals surface area (Å²) in [6.45, 7) is 4.00. The summed E-state index contributed by atoms with van der Waals surface area (Å²) in [4.78, 5) is 15.8. The van der Waals surface area contributed by atoms with Crippen molar-refractivity contribution in [2.24, 2.45) is 0 Å². The highest BCUT2D eigenvalue weighted by molar-refractivity contribution is 7.07. The van der Waals surface area contributed by atoms with Crippen molar-refractivity contribution in [2.45, 2.75) is 57.2 Å². The Bertz CT molecular complexity index is 781. The van der Waals surface area contributed by atoms with Gasteiger partial charge in [-0.3, -0.25) is 4.90 Å². The van der Waals surface area contributed by atoms with Gasteiger partial charge in [0, 0.05) is 19.1 Å². The van der Waals surface area contributed by atoms with E-state index in [0.717, 1.165) is 32.4 Å². The number of likely N-dealkylation sites (tertiary alicyclic amines) is 1. The molecule has 2 aliphatic heterocycles. The number of halogens is 3. The van der Waals surface area contributed by atoms with E-state index in [1.54, 1.807) is 11.3 Å². The van der Waals surface area contributed by atoms with Gasteiger partial charge in [0.05, 0.1) is 6.10 Å². The number of carbonyl (C=O) groups is 1. The summed E-state index contributed by atoms with van der Waals surface area (Å²) < 4.78 is 43.2. The Morgan fingerprint density at radius 1 is 1.39 bits per heavy atom. The number of aromatic nitrogens is 2. The molecule has 11 heteroatoms. The van der Waals surface area contributed by atoms with E-state index in [1.165, 1.54) is 5.56 Å². The molecule has 4 rings (SSSR count). The topological polar surface area (TPSA) is 88.7 Å². The molecule has 7 nitrogen and oxygen atoms in total. The van der Waals surface area contributed by atoms with Crippen molar-refractivity contribution in [2.75, 3.05) is 6.54 Å². The number of hydrogen-bond acceptors (Lipinski definition) is 7. The van der Waals surface area contributed by atoms with E-state index >= 15 is 0 Å². The second kappa shape index (κ2) is 8.58. The van der Waals surface area contributed by atoms with E-state index in [0.29, 0.717) is 23.9 Å². The molecule has 2 aliphatic rings. The zero-order valence-corrected chi connectivity index (χ0v) is 15.9. The molecular formula is C17H20F3N3O4S. The van der Waals surface area contributed by atoms with E-state index in [2.05, 4.69) is 31.9 Å². The van der Waals surface area contributed by atoms with Crippen LogP contribution in [0.15, 0.2) is 21.3 Å². The Balaban J connectivity index is 0.000000279. The number of fused-ring (bicyclic) bond motifs is 1. The van der Waals surface area contributed by atoms with Crippen molar-refractivity contribution >= 4 is 17.3 Å². The first-order valence-corrected chi connectivity index (χ1v) is 9.69. The van der Waals surface area contributed by atoms with Gasteiger partial charge in [-0.25, -0.2) is 4.79 Å². The quantitative estimate of drug-likeness (QED) is 0.814. The van der Waals surface area contributed by atoms with Crippen molar-refractivity contribution in [1.29, 1.82) is 0 Å². The van der Waals surface area contributed by atoms with Crippen LogP contribution in [0.4, 0.5) is 13.2 Å². The third kappa shape index (κ3) is 5.09. The van der Waals surface area contributed by atoms with Crippen LogP contribution < -0.4 is 0 Å². The molecule has 0 bridgehead atoms. The normalized spacial score (nSPS) is 25.1. The number of carboxylic acid groups (broad SMARTS) is 1. The summed E-state index contributed by atoms with van der Waals surface area (Å²) in [7, 11) is 0. The first-order chi connectivity index (χ1) is 13.2. The highest BCUT2D eigenvalue weighted by Gasteiger charge is 2.41. The lowest BCUT2D eigenvalue weighted by Gasteiger charge is -2.34. The monoisotopic (exact) mass is 419 g/mol. The Morgan fingerprint density at radius 2 is 2.14 bits per heavy atom. The van der Waals surface area contributed by atoms with Gasteiger partial charge in [0.25, 0.3) is 5.89 Å². The predicted molar refractivity (Wildman–Crippen MR) is 92.7 cm³/mol. The van der Waals surface area contributed by atoms with E-state index in [-0.39, 0.29) is 6.10 Å². The van der Waals surface area contributed by atoms with Crippen LogP contribution in [-0.2, 0) is 16.1 Å². The van der Waals surface area contributed by atoms with Gasteiger partial charge in [-0.1, -0.05) is 5.16 Å². The Labute approximate surface area is 163 Å². The number of aliphatic carboxylic acids is 1. The Kier molecular flexibility index (Phi) is 6.36. The minimum absolute atomic E-state index is 0.0199. The van der Waals surface area contributed by atoms with Crippen LogP contribution in [0.1, 0.15) is 42.6 Å². The molecule has 28 heavy (non-hydrogen) atoms. The number of hydrogen-bond donors (Lipinski definition) is 1. The van der Waals surface area contributed by atoms with Crippen LogP contribution in [0.2, 0.25) is 0 Å². The summed E-state index contributed by atoms with van der Waals surface area (Å²) in [5.41, 5.74) is 1.41. The van der Waals surface area contributed by atoms with Crippen molar-refractivity contribution < 1.29 is 32.3 Å². The lowest BCUT2D eigenvalue weighted by atomic mass is 9.99. The van der Waals surface area contributed by atoms with Gasteiger partial charge in [0.1, 0.15) is 6.10 Å². The maximum absolute atomic E-state index is 10.6. The molecule has 0 aliphatic carbocycles. The number of ether oxygens (including phenoxy) is 1. The average Bonchev–Trinajstić information content (AvgIpc) is 3.36. The van der Waals surface area contributed by atoms with Crippen LogP contribution in [0.5, 0.6) is 0 Å². The molecule has 2 aromatic heterocycles. The lowest BCUT2D eigenvalue weighted by Crippen LogP contribution is -2.40. The van der Waals surface area contributed by atoms with Gasteiger partial charge in [-0.15, -0.1) is 0 Å². The lowest BCUT2D eigenvalue weighted by molar-refractivity contribution is -0.192. The summed E-state index contributed by atoms with van der Waals surface area (Å²) in [5, 5.41) is 15.4. The molecule has 0 amide bonds. The molecule has 4 heterocycles. The average molecular weight is 419 g/mol. The Hall–Kier alpha value is -1.98. The zero-order valence-electron chi connectivity index (χ0n) is 15.1. The van der Waals surface area contributed by atoms with Crippen molar-refractivity contribution in [1.82, 2.24) is 15.0 Å². The molecule has 0 saturated carbocycles. The van der Waals surface area contributed by atoms with E-state index in [1.807, 2.05) is 6.92 Å². The number of alkyl halides is 3. The van der Waals surface area contributed by atoms with Crippen LogP contribution in [0.3, 0.4) is 0 Å². The van der Waals surface area contributed by atoms with E-state index in [4.69, 9.17) is 19.2 Å². The molecule has 1 N–H and O–H groups in total. The van der Waals surface area contributed by atoms with Crippen LogP contribution >= 0.6 is 11.3 Å². The van der Waals surface area contributed by atoms with Gasteiger partial charge in [0.2, 0.25) is 0 Å². The van der Waals surface area contributed by atoms with Crippen LogP contribution in [-0.4, -0.2) is 51.0 Å². The minimum atomic E-state index is -5.08. The smallest absolute Gasteiger partial charge is 0.475 e. The summed E-state index contributed by atoms with van der Waals surface area (Å²) in [6, 6.07) is 2.75. The van der Waals surface area contributed by atoms with Gasteiger partial charge in [-0.2, -0.15) is 29.5 Å². The minimum Gasteiger partial charge on any atom is -0.475 e. The van der Waals surface area contributed by atoms with E-state index in [9.17, 15) is 13.2 Å². The second-order valence-corrected chi connectivity index (χ2v) is 7.46. The van der Waals surface area contributed by atoms with Crippen LogP contribution in [0, 0.1) is 6.92 Å². The molecule has 3 atom stereocenters. The van der Waals surface area contributed by atoms with Gasteiger partial charge >= 0.3 is 12.1 Å². The van der Waals surface area contributed by atoms with Crippen molar-refractivity contribution in [3.63, 3.8) is 0 Å². The number of thiophene rings is 1. The zero-order chi connectivity index (χ0) is 20.3. The molecule has 0 aromatic carbocycles. The molecule has 2 aromatic rings. The van der Waals surface area contributed by atoms with Gasteiger partial charge in [0.15, 0.2) is 5.82 Å². The fraction of sp³-hybridized carbons (Fsp3) is 0.588. The fourth-order valence-electron chi connectivity index (χ4n) is 3.45. The third-order valence-electron chi connectivity index (χ3n) is 4.69. The standard InChI is InChI=1S/C15H19N3O2S.C2HF3O2/c1-10-16-15(20-17-10)14-3-2-12-13(19-14)4-6-18(12)8-11-5-7-21-9-11;3-2(4,5)1(6)7/h5,7,9,12-14H,2-4,6,8H2,1H3;(H,6,7)/t12-,13-,14-;/m1./s1. The molecule has 0 unspecified atom stereocenters. The summed E-state index contributed by atoms with van der Waals surface area (Å²) in [6.07, 6.45) is -1.61. The van der Waals surface area contributed by atoms with Crippen LogP contribution in [0.25, 0.3) is 0 Å². The molecule has 0 spiro atoms. The Morgan fingerprint density at radius 3 is 2.71 bits per heavy atom. The number of nitrogens with zero attached hydrogens (tertiary/aromatic N) is 3. The highest BCUT2D eigenvalue weighted by atomic mass is 32.1. The summed E-state index contributed by atoms with van der Waals surface area (Å²) in [5.74, 6) is -1.43. The first-order valence-electron chi connectivity index (χ1n) is 8.75. The van der Waals surface area contributed by atoms with Gasteiger partial charge in [-0.05, 0) is 48.6 Å². The molecule has 2 saturated heterocycles. The predicted octanol–water partition coefficient (Wildman–Crippen LogP) is 3.57. The third-order valence-corrected chi connectivity index (χ3v) is 5.42. The number of carboxylic acids is 1. The first kappa shape index (κ1) is 20.7. The van der Waals surface area contributed by atoms with Gasteiger partial charge < -0.3 is 14.4 Å². The van der Waals surface area contributed by atoms with Crippen molar-refractivity contribution in [3.05, 3.63) is 34.1 Å². The summed E-state index contributed by atoms with van der Waals surface area (Å²) >= 11 is 1.77. The number of aryl methyl sites for hydroxylation is 1. The largest absolute Gasteiger partial charge is 0.490 e.